The molecule has 0 amide bonds. The van der Waals surface area contributed by atoms with Gasteiger partial charge in [0.15, 0.2) is 0 Å². The zero-order chi connectivity index (χ0) is 37.7. The van der Waals surface area contributed by atoms with E-state index in [1.54, 1.807) is 97.5 Å². The molecule has 264 valence electrons. The first-order chi connectivity index (χ1) is 22.8. The Labute approximate surface area is 340 Å². The van der Waals surface area contributed by atoms with E-state index in [2.05, 4.69) is 15.0 Å². The Bertz CT molecular complexity index is 1240. The van der Waals surface area contributed by atoms with E-state index < -0.39 is 62.5 Å². The van der Waals surface area contributed by atoms with Crippen LogP contribution in [-0.2, 0) is 62.5 Å². The number of methoxy groups -OCH3 is 3. The Morgan fingerprint density at radius 2 is 0.667 bits per heavy atom. The SMILES string of the molecule is CN=Cc1cc(OC)cc(C)c1O.CN=Cc1cc(OC)cc(C)c1O.CN=Cc1cc(OC)cc(C)c1O.[Cl][Zr][Cl].[Cl][Zr][Cl].[Cl][Zr][Cl]. The number of aromatic hydroxyl groups is 3. The van der Waals surface area contributed by atoms with Crippen molar-refractivity contribution in [3.8, 4) is 34.5 Å². The van der Waals surface area contributed by atoms with Crippen LogP contribution in [0.25, 0.3) is 0 Å². The quantitative estimate of drug-likeness (QED) is 0.212. The van der Waals surface area contributed by atoms with Gasteiger partial charge in [0.25, 0.3) is 0 Å². The molecule has 3 aromatic rings. The van der Waals surface area contributed by atoms with Gasteiger partial charge in [-0.2, -0.15) is 0 Å². The van der Waals surface area contributed by atoms with Crippen LogP contribution in [0, 0.1) is 20.8 Å². The molecule has 0 aliphatic rings. The maximum absolute atomic E-state index is 9.60. The van der Waals surface area contributed by atoms with Crippen molar-refractivity contribution in [2.24, 2.45) is 15.0 Å². The van der Waals surface area contributed by atoms with Gasteiger partial charge in [0, 0.05) is 56.5 Å². The minimum absolute atomic E-state index is 0.256. The van der Waals surface area contributed by atoms with Gasteiger partial charge in [-0.1, -0.05) is 0 Å². The number of aryl methyl sites for hydroxylation is 3. The normalized spacial score (nSPS) is 9.56. The van der Waals surface area contributed by atoms with Gasteiger partial charge in [-0.05, 0) is 73.9 Å². The molecule has 0 fully saturated rings. The van der Waals surface area contributed by atoms with Crippen LogP contribution in [0.1, 0.15) is 33.4 Å². The summed E-state index contributed by atoms with van der Waals surface area (Å²) in [6.07, 6.45) is 4.81. The fraction of sp³-hybridized carbons (Fsp3) is 0.300. The van der Waals surface area contributed by atoms with Crippen molar-refractivity contribution >= 4 is 69.7 Å². The van der Waals surface area contributed by atoms with Crippen molar-refractivity contribution < 1.29 is 92.1 Å². The number of aliphatic imine (C=N–C) groups is 3. The molecule has 48 heavy (non-hydrogen) atoms. The van der Waals surface area contributed by atoms with Crippen LogP contribution in [0.5, 0.6) is 34.5 Å². The molecule has 3 N–H and O–H groups in total. The standard InChI is InChI=1S/3C10H13NO2.6ClH.3Zr/c3*1-7-4-9(13-3)5-8(6-11-2)10(7)12;;;;;;;;;/h3*4-6,12H,1-3H3;6*1H;;;/q;;;;;;;;;3*+2/p-6. The number of phenols is 3. The first kappa shape index (κ1) is 52.2. The monoisotopic (exact) mass is 1020 g/mol. The number of rotatable bonds is 6. The van der Waals surface area contributed by atoms with E-state index in [-0.39, 0.29) is 17.2 Å². The molecule has 0 aromatic heterocycles. The minimum atomic E-state index is -0.826. The molecule has 0 bridgehead atoms. The second kappa shape index (κ2) is 34.0. The van der Waals surface area contributed by atoms with Crippen LogP contribution < -0.4 is 14.2 Å². The van der Waals surface area contributed by atoms with E-state index in [9.17, 15) is 15.3 Å². The van der Waals surface area contributed by atoms with Gasteiger partial charge in [-0.25, -0.2) is 0 Å². The molecular weight excluding hydrogens is 985 g/mol. The third-order valence-corrected chi connectivity index (χ3v) is 5.42. The third kappa shape index (κ3) is 23.4. The first-order valence-electron chi connectivity index (χ1n) is 13.1. The van der Waals surface area contributed by atoms with Crippen LogP contribution in [0.3, 0.4) is 0 Å². The number of phenolic OH excluding ortho intramolecular Hbond substituents is 3. The molecule has 0 aliphatic carbocycles. The molecule has 9 nitrogen and oxygen atoms in total. The summed E-state index contributed by atoms with van der Waals surface area (Å²) in [5.74, 6) is 2.95. The van der Waals surface area contributed by atoms with Gasteiger partial charge in [0.2, 0.25) is 0 Å². The van der Waals surface area contributed by atoms with Gasteiger partial charge in [-0.3, -0.25) is 15.0 Å². The van der Waals surface area contributed by atoms with Crippen LogP contribution in [0.15, 0.2) is 51.4 Å². The second-order valence-corrected chi connectivity index (χ2v) is 19.7. The Hall–Kier alpha value is -0.141. The number of hydrogen-bond donors (Lipinski definition) is 3. The topological polar surface area (TPSA) is 125 Å². The van der Waals surface area contributed by atoms with E-state index in [4.69, 9.17) is 65.3 Å². The van der Waals surface area contributed by atoms with Gasteiger partial charge < -0.3 is 29.5 Å². The number of ether oxygens (including phenoxy) is 3. The van der Waals surface area contributed by atoms with E-state index in [0.29, 0.717) is 16.7 Å². The summed E-state index contributed by atoms with van der Waals surface area (Å²) in [4.78, 5) is 11.5. The predicted octanol–water partition coefficient (Wildman–Crippen LogP) is 9.40. The van der Waals surface area contributed by atoms with Gasteiger partial charge in [-0.15, -0.1) is 0 Å². The molecule has 0 aliphatic heterocycles. The number of halogens is 6. The summed E-state index contributed by atoms with van der Waals surface area (Å²) >= 11 is -2.48. The predicted molar refractivity (Wildman–Crippen MR) is 194 cm³/mol. The molecular formula is C30H39Cl6N3O6Zr3. The van der Waals surface area contributed by atoms with E-state index in [0.717, 1.165) is 33.9 Å². The Kier molecular flexibility index (Phi) is 37.0. The van der Waals surface area contributed by atoms with E-state index in [1.807, 2.05) is 20.8 Å². The summed E-state index contributed by atoms with van der Waals surface area (Å²) < 4.78 is 15.2. The summed E-state index contributed by atoms with van der Waals surface area (Å²) in [5.41, 5.74) is 4.40. The first-order valence-corrected chi connectivity index (χ1v) is 32.1. The summed E-state index contributed by atoms with van der Waals surface area (Å²) in [6, 6.07) is 10.6. The molecule has 0 saturated heterocycles. The van der Waals surface area contributed by atoms with E-state index >= 15 is 0 Å². The van der Waals surface area contributed by atoms with Gasteiger partial charge >= 0.3 is 114 Å². The average Bonchev–Trinajstić information content (AvgIpc) is 3.05. The number of benzene rings is 3. The van der Waals surface area contributed by atoms with Crippen LogP contribution in [0.4, 0.5) is 0 Å². The molecule has 0 atom stereocenters. The molecule has 0 saturated carbocycles. The Morgan fingerprint density at radius 1 is 0.479 bits per heavy atom. The molecule has 0 heterocycles. The molecule has 3 aromatic carbocycles. The fourth-order valence-corrected chi connectivity index (χ4v) is 3.38. The van der Waals surface area contributed by atoms with Crippen LogP contribution >= 0.6 is 51.1 Å². The molecule has 0 radical (unpaired) electrons. The molecule has 18 heteroatoms. The van der Waals surface area contributed by atoms with Gasteiger partial charge in [0.05, 0.1) is 21.3 Å². The van der Waals surface area contributed by atoms with E-state index in [1.165, 1.54) is 0 Å². The van der Waals surface area contributed by atoms with Crippen LogP contribution in [-0.4, -0.2) is 76.4 Å². The number of hydrogen-bond acceptors (Lipinski definition) is 9. The summed E-state index contributed by atoms with van der Waals surface area (Å²) in [6.45, 7) is 5.47. The zero-order valence-corrected chi connectivity index (χ0v) is 39.8. The van der Waals surface area contributed by atoms with Crippen molar-refractivity contribution in [3.05, 3.63) is 69.8 Å². The molecule has 3 rings (SSSR count). The summed E-state index contributed by atoms with van der Waals surface area (Å²) in [5, 5.41) is 28.8. The fourth-order valence-electron chi connectivity index (χ4n) is 3.38. The number of nitrogens with zero attached hydrogens (tertiary/aromatic N) is 3. The molecule has 0 unspecified atom stereocenters. The van der Waals surface area contributed by atoms with Crippen molar-refractivity contribution in [1.82, 2.24) is 0 Å². The Morgan fingerprint density at radius 3 is 0.812 bits per heavy atom. The van der Waals surface area contributed by atoms with Crippen molar-refractivity contribution in [2.75, 3.05) is 42.5 Å². The van der Waals surface area contributed by atoms with Crippen molar-refractivity contribution in [3.63, 3.8) is 0 Å². The van der Waals surface area contributed by atoms with Crippen molar-refractivity contribution in [1.29, 1.82) is 0 Å². The Balaban J connectivity index is -0.000000561. The van der Waals surface area contributed by atoms with Crippen molar-refractivity contribution in [2.45, 2.75) is 20.8 Å². The summed E-state index contributed by atoms with van der Waals surface area (Å²) in [7, 11) is 39.4. The maximum atomic E-state index is 9.60. The zero-order valence-electron chi connectivity index (χ0n) is 27.9. The average molecular weight is 1020 g/mol. The second-order valence-electron chi connectivity index (χ2n) is 8.52. The molecule has 0 spiro atoms. The van der Waals surface area contributed by atoms with Crippen LogP contribution in [0.2, 0.25) is 0 Å². The van der Waals surface area contributed by atoms with Gasteiger partial charge in [0.1, 0.15) is 34.5 Å². The third-order valence-electron chi connectivity index (χ3n) is 5.42.